The molecule has 2 aromatic heterocycles. The standard InChI is InChI=1S/C11H12FN5S/c1-3-13-10-14-6-8(12)9(17-10)18-11-15-4-7(2)5-16-11/h4-6H,3H2,1-2H3,(H,13,14,17). The van der Waals surface area contributed by atoms with Crippen molar-refractivity contribution in [2.75, 3.05) is 11.9 Å². The van der Waals surface area contributed by atoms with E-state index < -0.39 is 5.82 Å². The van der Waals surface area contributed by atoms with Crippen molar-refractivity contribution < 1.29 is 4.39 Å². The summed E-state index contributed by atoms with van der Waals surface area (Å²) in [6, 6.07) is 0. The third-order valence-corrected chi connectivity index (χ3v) is 2.87. The lowest BCUT2D eigenvalue weighted by atomic mass is 10.4. The second-order valence-electron chi connectivity index (χ2n) is 3.52. The molecule has 0 aromatic carbocycles. The Morgan fingerprint density at radius 1 is 1.22 bits per heavy atom. The maximum Gasteiger partial charge on any atom is 0.223 e. The molecule has 0 fully saturated rings. The van der Waals surface area contributed by atoms with Crippen LogP contribution >= 0.6 is 11.8 Å². The molecule has 0 aliphatic carbocycles. The van der Waals surface area contributed by atoms with Crippen molar-refractivity contribution in [3.63, 3.8) is 0 Å². The summed E-state index contributed by atoms with van der Waals surface area (Å²) in [7, 11) is 0. The highest BCUT2D eigenvalue weighted by atomic mass is 32.2. The zero-order valence-corrected chi connectivity index (χ0v) is 10.8. The van der Waals surface area contributed by atoms with Gasteiger partial charge in [0.25, 0.3) is 0 Å². The monoisotopic (exact) mass is 265 g/mol. The Balaban J connectivity index is 2.22. The minimum Gasteiger partial charge on any atom is -0.354 e. The highest BCUT2D eigenvalue weighted by Gasteiger charge is 2.10. The molecule has 1 N–H and O–H groups in total. The van der Waals surface area contributed by atoms with Gasteiger partial charge in [0.1, 0.15) is 5.03 Å². The largest absolute Gasteiger partial charge is 0.354 e. The topological polar surface area (TPSA) is 63.6 Å². The predicted octanol–water partition coefficient (Wildman–Crippen LogP) is 2.30. The lowest BCUT2D eigenvalue weighted by molar-refractivity contribution is 0.579. The molecule has 2 heterocycles. The van der Waals surface area contributed by atoms with Gasteiger partial charge in [-0.2, -0.15) is 0 Å². The summed E-state index contributed by atoms with van der Waals surface area (Å²) >= 11 is 1.07. The number of nitrogens with one attached hydrogen (secondary N) is 1. The third kappa shape index (κ3) is 3.13. The van der Waals surface area contributed by atoms with Crippen molar-refractivity contribution in [1.82, 2.24) is 19.9 Å². The fourth-order valence-electron chi connectivity index (χ4n) is 1.19. The van der Waals surface area contributed by atoms with E-state index >= 15 is 0 Å². The summed E-state index contributed by atoms with van der Waals surface area (Å²) in [5, 5.41) is 3.60. The molecule has 0 radical (unpaired) electrons. The van der Waals surface area contributed by atoms with Crippen LogP contribution in [0.25, 0.3) is 0 Å². The number of aryl methyl sites for hydroxylation is 1. The molecule has 0 aliphatic rings. The Morgan fingerprint density at radius 2 is 1.94 bits per heavy atom. The maximum absolute atomic E-state index is 13.5. The van der Waals surface area contributed by atoms with Gasteiger partial charge in [-0.3, -0.25) is 0 Å². The average Bonchev–Trinajstić information content (AvgIpc) is 2.36. The normalized spacial score (nSPS) is 10.4. The van der Waals surface area contributed by atoms with Crippen LogP contribution in [0.5, 0.6) is 0 Å². The average molecular weight is 265 g/mol. The molecule has 7 heteroatoms. The SMILES string of the molecule is CCNc1ncc(F)c(Sc2ncc(C)cn2)n1. The molecule has 0 unspecified atom stereocenters. The van der Waals surface area contributed by atoms with Crippen molar-refractivity contribution in [3.05, 3.63) is 30.0 Å². The summed E-state index contributed by atoms with van der Waals surface area (Å²) in [6.45, 7) is 4.49. The lowest BCUT2D eigenvalue weighted by Gasteiger charge is -2.04. The van der Waals surface area contributed by atoms with Crippen molar-refractivity contribution in [3.8, 4) is 0 Å². The molecule has 0 bridgehead atoms. The number of hydrogen-bond donors (Lipinski definition) is 1. The van der Waals surface area contributed by atoms with Gasteiger partial charge >= 0.3 is 0 Å². The van der Waals surface area contributed by atoms with Gasteiger partial charge in [-0.1, -0.05) is 0 Å². The van der Waals surface area contributed by atoms with E-state index in [1.807, 2.05) is 13.8 Å². The Morgan fingerprint density at radius 3 is 2.61 bits per heavy atom. The Kier molecular flexibility index (Phi) is 4.03. The maximum atomic E-state index is 13.5. The van der Waals surface area contributed by atoms with Gasteiger partial charge in [0.05, 0.1) is 6.20 Å². The van der Waals surface area contributed by atoms with Crippen LogP contribution in [-0.2, 0) is 0 Å². The van der Waals surface area contributed by atoms with Gasteiger partial charge in [-0.25, -0.2) is 24.3 Å². The number of anilines is 1. The van der Waals surface area contributed by atoms with E-state index in [0.717, 1.165) is 23.5 Å². The molecule has 0 aliphatic heterocycles. The molecule has 0 saturated carbocycles. The molecular weight excluding hydrogens is 253 g/mol. The summed E-state index contributed by atoms with van der Waals surface area (Å²) in [5.74, 6) is -0.0839. The first-order valence-electron chi connectivity index (χ1n) is 5.42. The summed E-state index contributed by atoms with van der Waals surface area (Å²) < 4.78 is 13.5. The zero-order chi connectivity index (χ0) is 13.0. The second-order valence-corrected chi connectivity index (χ2v) is 4.48. The highest BCUT2D eigenvalue weighted by molar-refractivity contribution is 7.99. The lowest BCUT2D eigenvalue weighted by Crippen LogP contribution is -2.03. The van der Waals surface area contributed by atoms with Gasteiger partial charge in [0.2, 0.25) is 5.95 Å². The number of nitrogens with zero attached hydrogens (tertiary/aromatic N) is 4. The summed E-state index contributed by atoms with van der Waals surface area (Å²) in [5.41, 5.74) is 0.954. The molecule has 0 amide bonds. The molecule has 0 saturated heterocycles. The van der Waals surface area contributed by atoms with Crippen molar-refractivity contribution in [2.45, 2.75) is 24.0 Å². The van der Waals surface area contributed by atoms with Crippen LogP contribution < -0.4 is 5.32 Å². The van der Waals surface area contributed by atoms with Crippen LogP contribution in [0, 0.1) is 12.7 Å². The van der Waals surface area contributed by atoms with Crippen LogP contribution in [0.2, 0.25) is 0 Å². The zero-order valence-electron chi connectivity index (χ0n) is 10.0. The van der Waals surface area contributed by atoms with Gasteiger partial charge in [0.15, 0.2) is 11.0 Å². The minimum atomic E-state index is -0.481. The van der Waals surface area contributed by atoms with E-state index in [9.17, 15) is 4.39 Å². The van der Waals surface area contributed by atoms with Crippen LogP contribution in [0.3, 0.4) is 0 Å². The fourth-order valence-corrected chi connectivity index (χ4v) is 1.85. The number of halogens is 1. The van der Waals surface area contributed by atoms with Gasteiger partial charge < -0.3 is 5.32 Å². The van der Waals surface area contributed by atoms with Gasteiger partial charge in [-0.05, 0) is 31.2 Å². The fraction of sp³-hybridized carbons (Fsp3) is 0.273. The number of hydrogen-bond acceptors (Lipinski definition) is 6. The van der Waals surface area contributed by atoms with E-state index in [4.69, 9.17) is 0 Å². The molecule has 5 nitrogen and oxygen atoms in total. The van der Waals surface area contributed by atoms with Crippen LogP contribution in [0.4, 0.5) is 10.3 Å². The number of aromatic nitrogens is 4. The molecule has 0 atom stereocenters. The van der Waals surface area contributed by atoms with E-state index in [-0.39, 0.29) is 5.03 Å². The Labute approximate surface area is 108 Å². The highest BCUT2D eigenvalue weighted by Crippen LogP contribution is 2.25. The summed E-state index contributed by atoms with van der Waals surface area (Å²) in [4.78, 5) is 16.1. The van der Waals surface area contributed by atoms with Crippen molar-refractivity contribution in [2.24, 2.45) is 0 Å². The summed E-state index contributed by atoms with van der Waals surface area (Å²) in [6.07, 6.45) is 4.50. The third-order valence-electron chi connectivity index (χ3n) is 1.99. The van der Waals surface area contributed by atoms with E-state index in [1.165, 1.54) is 0 Å². The molecule has 18 heavy (non-hydrogen) atoms. The van der Waals surface area contributed by atoms with Crippen molar-refractivity contribution in [1.29, 1.82) is 0 Å². The van der Waals surface area contributed by atoms with E-state index in [0.29, 0.717) is 17.6 Å². The van der Waals surface area contributed by atoms with Gasteiger partial charge in [-0.15, -0.1) is 0 Å². The molecule has 0 spiro atoms. The Hall–Kier alpha value is -1.76. The van der Waals surface area contributed by atoms with Crippen LogP contribution in [0.1, 0.15) is 12.5 Å². The number of rotatable bonds is 4. The molecular formula is C11H12FN5S. The molecule has 94 valence electrons. The molecule has 2 aromatic rings. The first kappa shape index (κ1) is 12.7. The van der Waals surface area contributed by atoms with Crippen LogP contribution in [-0.4, -0.2) is 26.5 Å². The van der Waals surface area contributed by atoms with E-state index in [1.54, 1.807) is 12.4 Å². The first-order chi connectivity index (χ1) is 8.69. The molecule has 2 rings (SSSR count). The van der Waals surface area contributed by atoms with E-state index in [2.05, 4.69) is 25.3 Å². The van der Waals surface area contributed by atoms with Crippen molar-refractivity contribution >= 4 is 17.7 Å². The smallest absolute Gasteiger partial charge is 0.223 e. The quantitative estimate of drug-likeness (QED) is 0.676. The Bertz CT molecular complexity index is 531. The second kappa shape index (κ2) is 5.72. The predicted molar refractivity (Wildman–Crippen MR) is 67.0 cm³/mol. The minimum absolute atomic E-state index is 0.213. The first-order valence-corrected chi connectivity index (χ1v) is 6.23. The van der Waals surface area contributed by atoms with Gasteiger partial charge in [0, 0.05) is 18.9 Å². The van der Waals surface area contributed by atoms with Crippen LogP contribution in [0.15, 0.2) is 28.8 Å².